The Labute approximate surface area is 279 Å². The van der Waals surface area contributed by atoms with Crippen molar-refractivity contribution < 1.29 is 0 Å². The van der Waals surface area contributed by atoms with E-state index in [1.54, 1.807) is 5.57 Å². The third kappa shape index (κ3) is 5.07. The number of fused-ring (bicyclic) bond motifs is 3. The zero-order valence-corrected chi connectivity index (χ0v) is 26.9. The van der Waals surface area contributed by atoms with Crippen LogP contribution in [0.1, 0.15) is 61.1 Å². The van der Waals surface area contributed by atoms with Crippen LogP contribution in [-0.2, 0) is 0 Å². The van der Waals surface area contributed by atoms with Gasteiger partial charge in [0.15, 0.2) is 0 Å². The molecule has 2 heteroatoms. The van der Waals surface area contributed by atoms with Crippen LogP contribution in [-0.4, -0.2) is 18.2 Å². The first-order chi connectivity index (χ1) is 23.3. The molecule has 2 nitrogen and oxygen atoms in total. The highest BCUT2D eigenvalue weighted by atomic mass is 15.4. The molecule has 0 aromatic heterocycles. The molecule has 0 amide bonds. The third-order valence-corrected chi connectivity index (χ3v) is 11.2. The molecule has 6 aliphatic rings. The minimum Gasteiger partial charge on any atom is -0.344 e. The van der Waals surface area contributed by atoms with Crippen molar-refractivity contribution in [1.82, 2.24) is 5.32 Å². The summed E-state index contributed by atoms with van der Waals surface area (Å²) in [7, 11) is 0. The second-order valence-electron chi connectivity index (χ2n) is 13.8. The van der Waals surface area contributed by atoms with E-state index in [1.807, 2.05) is 0 Å². The predicted molar refractivity (Wildman–Crippen MR) is 196 cm³/mol. The Bertz CT molecular complexity index is 1930. The molecule has 1 aliphatic heterocycles. The van der Waals surface area contributed by atoms with E-state index in [0.29, 0.717) is 23.9 Å². The van der Waals surface area contributed by atoms with Gasteiger partial charge in [0.2, 0.25) is 0 Å². The topological polar surface area (TPSA) is 15.3 Å². The van der Waals surface area contributed by atoms with Crippen LogP contribution in [0.25, 0.3) is 5.57 Å². The molecule has 0 spiro atoms. The lowest BCUT2D eigenvalue weighted by molar-refractivity contribution is 0.511. The average Bonchev–Trinajstić information content (AvgIpc) is 3.54. The van der Waals surface area contributed by atoms with Crippen molar-refractivity contribution in [2.24, 2.45) is 5.92 Å². The standard InChI is InChI=1S/C45H42N2/c1-4-14-32(15-5-1)43-37-20-10-11-21-38(37)44(33-16-6-2-7-17-33)40-30-35(28-29-39(40)43)31-24-26-34(27-25-31)45-46-41-22-12-13-23-42(41)47(45)36-18-8-3-9-19-36/h1-6,8-11,13-16,18-21,23-24,26,28-30,40-42,44-46H,7,12,17,22,25,27H2. The number of benzene rings is 3. The Morgan fingerprint density at radius 3 is 2.34 bits per heavy atom. The molecule has 1 saturated heterocycles. The third-order valence-electron chi connectivity index (χ3n) is 11.2. The number of allylic oxidation sites excluding steroid dienone is 13. The van der Waals surface area contributed by atoms with E-state index in [2.05, 4.69) is 156 Å². The van der Waals surface area contributed by atoms with Crippen molar-refractivity contribution in [3.8, 4) is 0 Å². The summed E-state index contributed by atoms with van der Waals surface area (Å²) in [5.41, 5.74) is 14.2. The largest absolute Gasteiger partial charge is 0.344 e. The normalized spacial score (nSPS) is 27.7. The van der Waals surface area contributed by atoms with Gasteiger partial charge < -0.3 is 4.90 Å². The number of para-hydroxylation sites is 1. The molecule has 47 heavy (non-hydrogen) atoms. The van der Waals surface area contributed by atoms with E-state index in [4.69, 9.17) is 0 Å². The van der Waals surface area contributed by atoms with E-state index in [0.717, 1.165) is 32.1 Å². The number of nitrogens with one attached hydrogen (secondary N) is 1. The Balaban J connectivity index is 1.10. The SMILES string of the molecule is C1=CCCC(C2c3ccccc3C(c3ccccc3)=C3C=CC(C4=CC=C(C5NC6CCC=CC6N5c5ccccc5)CC4)=CC32)=C1. The lowest BCUT2D eigenvalue weighted by Crippen LogP contribution is -2.40. The van der Waals surface area contributed by atoms with Crippen molar-refractivity contribution in [2.75, 3.05) is 4.90 Å². The highest BCUT2D eigenvalue weighted by molar-refractivity contribution is 5.89. The zero-order chi connectivity index (χ0) is 31.2. The van der Waals surface area contributed by atoms with Gasteiger partial charge >= 0.3 is 0 Å². The van der Waals surface area contributed by atoms with E-state index in [9.17, 15) is 0 Å². The summed E-state index contributed by atoms with van der Waals surface area (Å²) in [4.78, 5) is 2.63. The van der Waals surface area contributed by atoms with Gasteiger partial charge in [-0.1, -0.05) is 139 Å². The summed E-state index contributed by atoms with van der Waals surface area (Å²) in [6.45, 7) is 0. The lowest BCUT2D eigenvalue weighted by Gasteiger charge is -2.39. The second kappa shape index (κ2) is 12.2. The highest BCUT2D eigenvalue weighted by Crippen LogP contribution is 2.52. The predicted octanol–water partition coefficient (Wildman–Crippen LogP) is 10.1. The average molecular weight is 611 g/mol. The molecule has 5 unspecified atom stereocenters. The molecule has 5 atom stereocenters. The first-order valence-electron chi connectivity index (χ1n) is 17.6. The van der Waals surface area contributed by atoms with E-state index >= 15 is 0 Å². The molecule has 232 valence electrons. The van der Waals surface area contributed by atoms with Crippen molar-refractivity contribution in [1.29, 1.82) is 0 Å². The van der Waals surface area contributed by atoms with E-state index in [-0.39, 0.29) is 6.17 Å². The molecule has 5 aliphatic carbocycles. The van der Waals surface area contributed by atoms with Crippen LogP contribution in [0.3, 0.4) is 0 Å². The molecule has 1 heterocycles. The molecule has 9 rings (SSSR count). The molecule has 1 N–H and O–H groups in total. The molecule has 0 bridgehead atoms. The summed E-state index contributed by atoms with van der Waals surface area (Å²) in [6, 6.07) is 32.1. The number of hydrogen-bond donors (Lipinski definition) is 1. The number of anilines is 1. The van der Waals surface area contributed by atoms with Crippen LogP contribution in [0.2, 0.25) is 0 Å². The summed E-state index contributed by atoms with van der Waals surface area (Å²) >= 11 is 0. The molecule has 1 fully saturated rings. The van der Waals surface area contributed by atoms with Crippen LogP contribution in [0.4, 0.5) is 5.69 Å². The molecule has 0 radical (unpaired) electrons. The first kappa shape index (κ1) is 28.6. The van der Waals surface area contributed by atoms with E-state index < -0.39 is 0 Å². The zero-order valence-electron chi connectivity index (χ0n) is 26.9. The van der Waals surface area contributed by atoms with Crippen LogP contribution >= 0.6 is 0 Å². The van der Waals surface area contributed by atoms with Gasteiger partial charge in [0.25, 0.3) is 0 Å². The Morgan fingerprint density at radius 2 is 1.53 bits per heavy atom. The van der Waals surface area contributed by atoms with Crippen LogP contribution in [0.5, 0.6) is 0 Å². The first-order valence-corrected chi connectivity index (χ1v) is 17.6. The van der Waals surface area contributed by atoms with Gasteiger partial charge in [0.05, 0.1) is 6.04 Å². The fourth-order valence-corrected chi connectivity index (χ4v) is 9.02. The highest BCUT2D eigenvalue weighted by Gasteiger charge is 2.42. The molecule has 3 aromatic carbocycles. The maximum absolute atomic E-state index is 4.05. The van der Waals surface area contributed by atoms with Crippen molar-refractivity contribution in [3.63, 3.8) is 0 Å². The molecule has 0 saturated carbocycles. The van der Waals surface area contributed by atoms with Crippen LogP contribution in [0.15, 0.2) is 174 Å². The second-order valence-corrected chi connectivity index (χ2v) is 13.8. The van der Waals surface area contributed by atoms with Crippen molar-refractivity contribution >= 4 is 11.3 Å². The van der Waals surface area contributed by atoms with Gasteiger partial charge in [0.1, 0.15) is 6.17 Å². The van der Waals surface area contributed by atoms with Crippen molar-refractivity contribution in [3.05, 3.63) is 190 Å². The van der Waals surface area contributed by atoms with Crippen molar-refractivity contribution in [2.45, 2.75) is 62.7 Å². The summed E-state index contributed by atoms with van der Waals surface area (Å²) in [6.07, 6.45) is 31.1. The van der Waals surface area contributed by atoms with Crippen LogP contribution < -0.4 is 10.2 Å². The fraction of sp³-hybridized carbons (Fsp3) is 0.244. The van der Waals surface area contributed by atoms with Gasteiger partial charge in [-0.05, 0) is 95.2 Å². The lowest BCUT2D eigenvalue weighted by atomic mass is 9.64. The Morgan fingerprint density at radius 1 is 0.702 bits per heavy atom. The smallest absolute Gasteiger partial charge is 0.103 e. The minimum absolute atomic E-state index is 0.234. The van der Waals surface area contributed by atoms with Gasteiger partial charge in [-0.2, -0.15) is 0 Å². The minimum atomic E-state index is 0.234. The van der Waals surface area contributed by atoms with Gasteiger partial charge in [-0.15, -0.1) is 0 Å². The van der Waals surface area contributed by atoms with Gasteiger partial charge in [0, 0.05) is 23.6 Å². The summed E-state index contributed by atoms with van der Waals surface area (Å²) in [5, 5.41) is 4.05. The molecule has 3 aromatic rings. The Hall–Kier alpha value is -4.66. The summed E-state index contributed by atoms with van der Waals surface area (Å²) in [5.74, 6) is 0.663. The van der Waals surface area contributed by atoms with Gasteiger partial charge in [-0.3, -0.25) is 5.32 Å². The Kier molecular flexibility index (Phi) is 7.40. The molecular formula is C45H42N2. The fourth-order valence-electron chi connectivity index (χ4n) is 9.02. The maximum Gasteiger partial charge on any atom is 0.103 e. The molecular weight excluding hydrogens is 569 g/mol. The quantitative estimate of drug-likeness (QED) is 0.289. The number of rotatable bonds is 5. The summed E-state index contributed by atoms with van der Waals surface area (Å²) < 4.78 is 0. The maximum atomic E-state index is 4.05. The number of hydrogen-bond acceptors (Lipinski definition) is 2. The van der Waals surface area contributed by atoms with Crippen LogP contribution in [0, 0.1) is 5.92 Å². The monoisotopic (exact) mass is 610 g/mol. The van der Waals surface area contributed by atoms with Gasteiger partial charge in [-0.25, -0.2) is 0 Å². The van der Waals surface area contributed by atoms with E-state index in [1.165, 1.54) is 56.7 Å². The number of nitrogens with zero attached hydrogens (tertiary/aromatic N) is 1.